The van der Waals surface area contributed by atoms with Crippen molar-refractivity contribution in [3.63, 3.8) is 0 Å². The van der Waals surface area contributed by atoms with E-state index in [1.54, 1.807) is 19.1 Å². The van der Waals surface area contributed by atoms with E-state index in [9.17, 15) is 9.59 Å². The van der Waals surface area contributed by atoms with Crippen LogP contribution in [0.5, 0.6) is 0 Å². The molecule has 3 N–H and O–H groups in total. The number of hydrogen-bond donors (Lipinski definition) is 3. The molecule has 1 aliphatic rings. The normalized spacial score (nSPS) is 16.2. The SMILES string of the molecule is CC(NC(=O)c1ccco1)C(=O)NCCCN1CCNCC1.Cl. The first kappa shape index (κ1) is 19.5. The minimum Gasteiger partial charge on any atom is -0.459 e. The van der Waals surface area contributed by atoms with E-state index in [1.807, 2.05) is 0 Å². The quantitative estimate of drug-likeness (QED) is 0.616. The third-order valence-electron chi connectivity index (χ3n) is 3.65. The van der Waals surface area contributed by atoms with Gasteiger partial charge in [0.25, 0.3) is 5.91 Å². The highest BCUT2D eigenvalue weighted by atomic mass is 35.5. The van der Waals surface area contributed by atoms with Gasteiger partial charge in [0, 0.05) is 32.7 Å². The Morgan fingerprint density at radius 2 is 2.13 bits per heavy atom. The summed E-state index contributed by atoms with van der Waals surface area (Å²) in [5.41, 5.74) is 0. The van der Waals surface area contributed by atoms with Gasteiger partial charge < -0.3 is 25.3 Å². The van der Waals surface area contributed by atoms with Crippen LogP contribution in [0.1, 0.15) is 23.9 Å². The fourth-order valence-electron chi connectivity index (χ4n) is 2.34. The Hall–Kier alpha value is -1.57. The van der Waals surface area contributed by atoms with Crippen molar-refractivity contribution < 1.29 is 14.0 Å². The zero-order valence-electron chi connectivity index (χ0n) is 13.3. The molecule has 23 heavy (non-hydrogen) atoms. The summed E-state index contributed by atoms with van der Waals surface area (Å²) in [6.07, 6.45) is 2.33. The molecule has 2 rings (SSSR count). The van der Waals surface area contributed by atoms with Crippen molar-refractivity contribution in [3.8, 4) is 0 Å². The van der Waals surface area contributed by atoms with E-state index in [0.29, 0.717) is 6.54 Å². The Morgan fingerprint density at radius 3 is 2.78 bits per heavy atom. The second-order valence-electron chi connectivity index (χ2n) is 5.41. The van der Waals surface area contributed by atoms with E-state index in [2.05, 4.69) is 20.9 Å². The Bertz CT molecular complexity index is 475. The molecule has 0 aromatic carbocycles. The number of amides is 2. The van der Waals surface area contributed by atoms with Gasteiger partial charge in [0.15, 0.2) is 5.76 Å². The van der Waals surface area contributed by atoms with Gasteiger partial charge in [-0.1, -0.05) is 0 Å². The molecule has 1 saturated heterocycles. The third-order valence-corrected chi connectivity index (χ3v) is 3.65. The molecule has 0 saturated carbocycles. The number of carbonyl (C=O) groups is 2. The summed E-state index contributed by atoms with van der Waals surface area (Å²) in [5.74, 6) is -0.355. The average molecular weight is 345 g/mol. The summed E-state index contributed by atoms with van der Waals surface area (Å²) < 4.78 is 4.99. The Kier molecular flexibility index (Phi) is 8.68. The van der Waals surface area contributed by atoms with E-state index < -0.39 is 6.04 Å². The summed E-state index contributed by atoms with van der Waals surface area (Å²) in [4.78, 5) is 26.1. The second kappa shape index (κ2) is 10.3. The zero-order chi connectivity index (χ0) is 15.8. The lowest BCUT2D eigenvalue weighted by Crippen LogP contribution is -2.46. The van der Waals surface area contributed by atoms with Crippen LogP contribution in [0.2, 0.25) is 0 Å². The molecule has 2 amide bonds. The van der Waals surface area contributed by atoms with Crippen LogP contribution in [0.3, 0.4) is 0 Å². The molecule has 1 aromatic rings. The molecular weight excluding hydrogens is 320 g/mol. The number of carbonyl (C=O) groups excluding carboxylic acids is 2. The van der Waals surface area contributed by atoms with Crippen LogP contribution in [0.4, 0.5) is 0 Å². The number of halogens is 1. The van der Waals surface area contributed by atoms with Gasteiger partial charge in [-0.25, -0.2) is 0 Å². The summed E-state index contributed by atoms with van der Waals surface area (Å²) in [5, 5.41) is 8.76. The summed E-state index contributed by atoms with van der Waals surface area (Å²) in [7, 11) is 0. The van der Waals surface area contributed by atoms with Crippen LogP contribution in [0, 0.1) is 0 Å². The fraction of sp³-hybridized carbons (Fsp3) is 0.600. The molecule has 1 aromatic heterocycles. The molecular formula is C15H25ClN4O3. The number of nitrogens with one attached hydrogen (secondary N) is 3. The summed E-state index contributed by atoms with van der Waals surface area (Å²) in [6.45, 7) is 7.43. The molecule has 0 radical (unpaired) electrons. The van der Waals surface area contributed by atoms with Crippen LogP contribution in [-0.4, -0.2) is 62.0 Å². The third kappa shape index (κ3) is 6.60. The average Bonchev–Trinajstić information content (AvgIpc) is 3.07. The second-order valence-corrected chi connectivity index (χ2v) is 5.41. The van der Waals surface area contributed by atoms with Crippen molar-refractivity contribution in [2.24, 2.45) is 0 Å². The monoisotopic (exact) mass is 344 g/mol. The predicted octanol–water partition coefficient (Wildman–Crippen LogP) is 0.231. The molecule has 1 unspecified atom stereocenters. The van der Waals surface area contributed by atoms with E-state index in [4.69, 9.17) is 4.42 Å². The lowest BCUT2D eigenvalue weighted by Gasteiger charge is -2.27. The highest BCUT2D eigenvalue weighted by Crippen LogP contribution is 2.00. The van der Waals surface area contributed by atoms with Gasteiger partial charge in [0.05, 0.1) is 6.26 Å². The first-order valence-corrected chi connectivity index (χ1v) is 7.72. The lowest BCUT2D eigenvalue weighted by molar-refractivity contribution is -0.122. The minimum absolute atomic E-state index is 0. The molecule has 130 valence electrons. The first-order valence-electron chi connectivity index (χ1n) is 7.72. The summed E-state index contributed by atoms with van der Waals surface area (Å²) in [6, 6.07) is 2.61. The molecule has 7 nitrogen and oxygen atoms in total. The Labute approximate surface area is 142 Å². The number of nitrogens with zero attached hydrogens (tertiary/aromatic N) is 1. The van der Waals surface area contributed by atoms with E-state index in [0.717, 1.165) is 39.1 Å². The summed E-state index contributed by atoms with van der Waals surface area (Å²) >= 11 is 0. The largest absolute Gasteiger partial charge is 0.459 e. The lowest BCUT2D eigenvalue weighted by atomic mass is 10.2. The van der Waals surface area contributed by atoms with Crippen LogP contribution in [0.15, 0.2) is 22.8 Å². The first-order chi connectivity index (χ1) is 10.7. The van der Waals surface area contributed by atoms with E-state index in [-0.39, 0.29) is 30.0 Å². The molecule has 1 fully saturated rings. The van der Waals surface area contributed by atoms with Gasteiger partial charge in [-0.05, 0) is 32.0 Å². The maximum atomic E-state index is 11.9. The maximum absolute atomic E-state index is 11.9. The topological polar surface area (TPSA) is 86.6 Å². The van der Waals surface area contributed by atoms with Gasteiger partial charge in [-0.3, -0.25) is 9.59 Å². The van der Waals surface area contributed by atoms with Crippen LogP contribution in [-0.2, 0) is 4.79 Å². The van der Waals surface area contributed by atoms with Gasteiger partial charge >= 0.3 is 0 Å². The van der Waals surface area contributed by atoms with Crippen molar-refractivity contribution >= 4 is 24.2 Å². The molecule has 2 heterocycles. The van der Waals surface area contributed by atoms with Gasteiger partial charge in [-0.2, -0.15) is 0 Å². The number of piperazine rings is 1. The van der Waals surface area contributed by atoms with E-state index in [1.165, 1.54) is 6.26 Å². The molecule has 8 heteroatoms. The zero-order valence-corrected chi connectivity index (χ0v) is 14.2. The van der Waals surface area contributed by atoms with Crippen molar-refractivity contribution in [1.29, 1.82) is 0 Å². The molecule has 0 aliphatic carbocycles. The maximum Gasteiger partial charge on any atom is 0.287 e. The van der Waals surface area contributed by atoms with Gasteiger partial charge in [0.1, 0.15) is 6.04 Å². The molecule has 0 spiro atoms. The molecule has 1 aliphatic heterocycles. The van der Waals surface area contributed by atoms with Crippen LogP contribution in [0.25, 0.3) is 0 Å². The van der Waals surface area contributed by atoms with Crippen molar-refractivity contribution in [1.82, 2.24) is 20.9 Å². The minimum atomic E-state index is -0.586. The van der Waals surface area contributed by atoms with Crippen molar-refractivity contribution in [2.45, 2.75) is 19.4 Å². The Balaban J connectivity index is 0.00000264. The number of furan rings is 1. The predicted molar refractivity (Wildman–Crippen MR) is 89.8 cm³/mol. The number of rotatable bonds is 7. The number of hydrogen-bond acceptors (Lipinski definition) is 5. The van der Waals surface area contributed by atoms with E-state index >= 15 is 0 Å². The fourth-order valence-corrected chi connectivity index (χ4v) is 2.34. The Morgan fingerprint density at radius 1 is 1.39 bits per heavy atom. The van der Waals surface area contributed by atoms with Crippen molar-refractivity contribution in [2.75, 3.05) is 39.3 Å². The molecule has 1 atom stereocenters. The van der Waals surface area contributed by atoms with Crippen LogP contribution >= 0.6 is 12.4 Å². The van der Waals surface area contributed by atoms with Gasteiger partial charge in [0.2, 0.25) is 5.91 Å². The smallest absolute Gasteiger partial charge is 0.287 e. The highest BCUT2D eigenvalue weighted by Gasteiger charge is 2.17. The highest BCUT2D eigenvalue weighted by molar-refractivity contribution is 5.95. The standard InChI is InChI=1S/C15H24N4O3.ClH/c1-12(18-15(21)13-4-2-11-22-13)14(20)17-5-3-8-19-9-6-16-7-10-19;/h2,4,11-12,16H,3,5-10H2,1H3,(H,17,20)(H,18,21);1H. The van der Waals surface area contributed by atoms with Crippen molar-refractivity contribution in [3.05, 3.63) is 24.2 Å². The van der Waals surface area contributed by atoms with Gasteiger partial charge in [-0.15, -0.1) is 12.4 Å². The molecule has 0 bridgehead atoms. The van der Waals surface area contributed by atoms with Crippen LogP contribution < -0.4 is 16.0 Å².